The van der Waals surface area contributed by atoms with Gasteiger partial charge in [-0.25, -0.2) is 4.68 Å². The van der Waals surface area contributed by atoms with Gasteiger partial charge in [0.15, 0.2) is 6.10 Å². The summed E-state index contributed by atoms with van der Waals surface area (Å²) in [6.07, 6.45) is 0.179. The summed E-state index contributed by atoms with van der Waals surface area (Å²) in [6.45, 7) is 4.55. The molecule has 1 aromatic heterocycles. The van der Waals surface area contributed by atoms with Crippen LogP contribution in [0.5, 0.6) is 5.75 Å². The summed E-state index contributed by atoms with van der Waals surface area (Å²) in [5.74, 6) is 0.811. The molecule has 4 rings (SSSR count). The second kappa shape index (κ2) is 6.91. The van der Waals surface area contributed by atoms with Crippen molar-refractivity contribution in [3.05, 3.63) is 77.1 Å². The highest BCUT2D eigenvalue weighted by atomic mass is 16.5. The van der Waals surface area contributed by atoms with Crippen LogP contribution in [0.3, 0.4) is 0 Å². The van der Waals surface area contributed by atoms with Gasteiger partial charge in [-0.3, -0.25) is 4.79 Å². The lowest BCUT2D eigenvalue weighted by Gasteiger charge is -2.21. The SMILES string of the molecule is Cc1nn(-c2ccccc2)c(C)c1CN(C)C(=O)[C@@H]1Cc2ccccc2O1. The van der Waals surface area contributed by atoms with Gasteiger partial charge in [0, 0.05) is 31.3 Å². The Bertz CT molecular complexity index is 953. The molecule has 2 aromatic carbocycles. The number of likely N-dealkylation sites (N-methyl/N-ethyl adjacent to an activating group) is 1. The standard InChI is InChI=1S/C22H23N3O2/c1-15-19(16(2)25(23-15)18-10-5-4-6-11-18)14-24(3)22(26)21-13-17-9-7-8-12-20(17)27-21/h4-12,21H,13-14H2,1-3H3/t21-/m0/s1. The first kappa shape index (κ1) is 17.3. The monoisotopic (exact) mass is 361 g/mol. The van der Waals surface area contributed by atoms with E-state index in [1.807, 2.05) is 80.2 Å². The number of carbonyl (C=O) groups is 1. The highest BCUT2D eigenvalue weighted by Crippen LogP contribution is 2.29. The number of aromatic nitrogens is 2. The van der Waals surface area contributed by atoms with Crippen LogP contribution in [-0.2, 0) is 17.8 Å². The Morgan fingerprint density at radius 2 is 1.85 bits per heavy atom. The molecule has 5 nitrogen and oxygen atoms in total. The Labute approximate surface area is 159 Å². The largest absolute Gasteiger partial charge is 0.480 e. The predicted octanol–water partition coefficient (Wildman–Crippen LogP) is 3.45. The van der Waals surface area contributed by atoms with Gasteiger partial charge in [0.1, 0.15) is 5.75 Å². The fourth-order valence-corrected chi connectivity index (χ4v) is 3.61. The van der Waals surface area contributed by atoms with Crippen molar-refractivity contribution in [2.75, 3.05) is 7.05 Å². The first-order valence-electron chi connectivity index (χ1n) is 9.14. The average Bonchev–Trinajstić information content (AvgIpc) is 3.24. The van der Waals surface area contributed by atoms with Gasteiger partial charge in [0.25, 0.3) is 5.91 Å². The van der Waals surface area contributed by atoms with E-state index in [4.69, 9.17) is 4.74 Å². The minimum atomic E-state index is -0.447. The van der Waals surface area contributed by atoms with Gasteiger partial charge in [0.2, 0.25) is 0 Å². The molecule has 0 unspecified atom stereocenters. The van der Waals surface area contributed by atoms with Crippen molar-refractivity contribution in [2.45, 2.75) is 32.9 Å². The van der Waals surface area contributed by atoms with Gasteiger partial charge >= 0.3 is 0 Å². The Morgan fingerprint density at radius 3 is 2.59 bits per heavy atom. The first-order valence-corrected chi connectivity index (χ1v) is 9.14. The zero-order valence-electron chi connectivity index (χ0n) is 15.8. The van der Waals surface area contributed by atoms with E-state index in [1.165, 1.54) is 0 Å². The van der Waals surface area contributed by atoms with Crippen LogP contribution in [0.25, 0.3) is 5.69 Å². The summed E-state index contributed by atoms with van der Waals surface area (Å²) in [5, 5.41) is 4.67. The third-order valence-electron chi connectivity index (χ3n) is 5.14. The van der Waals surface area contributed by atoms with Gasteiger partial charge in [-0.2, -0.15) is 5.10 Å². The maximum atomic E-state index is 12.9. The Kier molecular flexibility index (Phi) is 4.44. The molecule has 1 atom stereocenters. The normalized spacial score (nSPS) is 15.3. The van der Waals surface area contributed by atoms with Gasteiger partial charge in [0.05, 0.1) is 11.4 Å². The number of benzene rings is 2. The van der Waals surface area contributed by atoms with E-state index in [0.29, 0.717) is 13.0 Å². The molecule has 0 aliphatic carbocycles. The number of aryl methyl sites for hydroxylation is 1. The van der Waals surface area contributed by atoms with Gasteiger partial charge in [-0.15, -0.1) is 0 Å². The lowest BCUT2D eigenvalue weighted by atomic mass is 10.1. The summed E-state index contributed by atoms with van der Waals surface area (Å²) in [4.78, 5) is 14.6. The molecule has 1 amide bonds. The highest BCUT2D eigenvalue weighted by Gasteiger charge is 2.31. The van der Waals surface area contributed by atoms with Crippen LogP contribution in [0.4, 0.5) is 0 Å². The molecule has 1 aliphatic rings. The van der Waals surface area contributed by atoms with E-state index in [2.05, 4.69) is 5.10 Å². The Balaban J connectivity index is 1.51. The lowest BCUT2D eigenvalue weighted by molar-refractivity contribution is -0.137. The number of para-hydroxylation sites is 2. The zero-order chi connectivity index (χ0) is 19.0. The van der Waals surface area contributed by atoms with Crippen molar-refractivity contribution in [2.24, 2.45) is 0 Å². The number of hydrogen-bond donors (Lipinski definition) is 0. The molecule has 0 saturated carbocycles. The third-order valence-corrected chi connectivity index (χ3v) is 5.14. The predicted molar refractivity (Wildman–Crippen MR) is 104 cm³/mol. The molecular weight excluding hydrogens is 338 g/mol. The molecular formula is C22H23N3O2. The Morgan fingerprint density at radius 1 is 1.15 bits per heavy atom. The number of hydrogen-bond acceptors (Lipinski definition) is 3. The fraction of sp³-hybridized carbons (Fsp3) is 0.273. The van der Waals surface area contributed by atoms with E-state index in [1.54, 1.807) is 4.90 Å². The minimum absolute atomic E-state index is 0.00235. The molecule has 0 saturated heterocycles. The van der Waals surface area contributed by atoms with Crippen LogP contribution in [0, 0.1) is 13.8 Å². The van der Waals surface area contributed by atoms with Crippen molar-refractivity contribution >= 4 is 5.91 Å². The number of rotatable bonds is 4. The van der Waals surface area contributed by atoms with Gasteiger partial charge in [-0.1, -0.05) is 36.4 Å². The molecule has 1 aliphatic heterocycles. The second-order valence-corrected chi connectivity index (χ2v) is 7.01. The topological polar surface area (TPSA) is 47.4 Å². The summed E-state index contributed by atoms with van der Waals surface area (Å²) in [5.41, 5.74) is 5.17. The molecule has 5 heteroatoms. The molecule has 0 fully saturated rings. The van der Waals surface area contributed by atoms with E-state index >= 15 is 0 Å². The molecule has 0 spiro atoms. The highest BCUT2D eigenvalue weighted by molar-refractivity contribution is 5.82. The summed E-state index contributed by atoms with van der Waals surface area (Å²) in [6, 6.07) is 17.9. The third kappa shape index (κ3) is 3.21. The van der Waals surface area contributed by atoms with Crippen LogP contribution in [-0.4, -0.2) is 33.7 Å². The van der Waals surface area contributed by atoms with Crippen LogP contribution >= 0.6 is 0 Å². The average molecular weight is 361 g/mol. The summed E-state index contributed by atoms with van der Waals surface area (Å²) >= 11 is 0. The molecule has 0 bridgehead atoms. The van der Waals surface area contributed by atoms with Crippen LogP contribution < -0.4 is 4.74 Å². The van der Waals surface area contributed by atoms with Gasteiger partial charge in [-0.05, 0) is 37.6 Å². The molecule has 0 radical (unpaired) electrons. The Hall–Kier alpha value is -3.08. The number of fused-ring (bicyclic) bond motifs is 1. The van der Waals surface area contributed by atoms with Crippen LogP contribution in [0.2, 0.25) is 0 Å². The van der Waals surface area contributed by atoms with E-state index in [0.717, 1.165) is 34.0 Å². The zero-order valence-corrected chi connectivity index (χ0v) is 15.8. The van der Waals surface area contributed by atoms with Crippen molar-refractivity contribution in [3.63, 3.8) is 0 Å². The van der Waals surface area contributed by atoms with Crippen LogP contribution in [0.15, 0.2) is 54.6 Å². The summed E-state index contributed by atoms with van der Waals surface area (Å²) in [7, 11) is 1.83. The number of carbonyl (C=O) groups excluding carboxylic acids is 1. The molecule has 3 aromatic rings. The lowest BCUT2D eigenvalue weighted by Crippen LogP contribution is -2.38. The second-order valence-electron chi connectivity index (χ2n) is 7.01. The molecule has 0 N–H and O–H groups in total. The van der Waals surface area contributed by atoms with Crippen molar-refractivity contribution in [1.29, 1.82) is 0 Å². The molecule has 138 valence electrons. The van der Waals surface area contributed by atoms with E-state index in [9.17, 15) is 4.79 Å². The maximum Gasteiger partial charge on any atom is 0.264 e. The quantitative estimate of drug-likeness (QED) is 0.715. The molecule has 27 heavy (non-hydrogen) atoms. The number of amides is 1. The minimum Gasteiger partial charge on any atom is -0.480 e. The van der Waals surface area contributed by atoms with Crippen molar-refractivity contribution < 1.29 is 9.53 Å². The van der Waals surface area contributed by atoms with E-state index < -0.39 is 6.10 Å². The number of ether oxygens (including phenoxy) is 1. The smallest absolute Gasteiger partial charge is 0.264 e. The molecule has 2 heterocycles. The maximum absolute atomic E-state index is 12.9. The van der Waals surface area contributed by atoms with Crippen molar-refractivity contribution in [3.8, 4) is 11.4 Å². The van der Waals surface area contributed by atoms with Crippen LogP contribution in [0.1, 0.15) is 22.5 Å². The summed E-state index contributed by atoms with van der Waals surface area (Å²) < 4.78 is 7.79. The first-order chi connectivity index (χ1) is 13.0. The van der Waals surface area contributed by atoms with Gasteiger partial charge < -0.3 is 9.64 Å². The number of nitrogens with zero attached hydrogens (tertiary/aromatic N) is 3. The van der Waals surface area contributed by atoms with E-state index in [-0.39, 0.29) is 5.91 Å². The fourth-order valence-electron chi connectivity index (χ4n) is 3.61. The van der Waals surface area contributed by atoms with Crippen molar-refractivity contribution in [1.82, 2.24) is 14.7 Å².